The van der Waals surface area contributed by atoms with Gasteiger partial charge in [0.2, 0.25) is 0 Å². The van der Waals surface area contributed by atoms with Crippen LogP contribution in [0.4, 0.5) is 0 Å². The molecule has 1 aliphatic rings. The highest BCUT2D eigenvalue weighted by Gasteiger charge is 2.52. The highest BCUT2D eigenvalue weighted by Crippen LogP contribution is 2.45. The Morgan fingerprint density at radius 1 is 1.13 bits per heavy atom. The molecule has 0 saturated carbocycles. The molecule has 15 heavy (non-hydrogen) atoms. The number of hydrogen-bond acceptors (Lipinski definition) is 2. The van der Waals surface area contributed by atoms with E-state index in [9.17, 15) is 10.2 Å². The lowest BCUT2D eigenvalue weighted by atomic mass is 9.83. The van der Waals surface area contributed by atoms with E-state index in [0.717, 1.165) is 5.56 Å². The van der Waals surface area contributed by atoms with E-state index in [4.69, 9.17) is 0 Å². The van der Waals surface area contributed by atoms with Gasteiger partial charge in [0.15, 0.2) is 0 Å². The van der Waals surface area contributed by atoms with Crippen LogP contribution in [-0.4, -0.2) is 15.8 Å². The molecule has 1 aromatic rings. The van der Waals surface area contributed by atoms with Gasteiger partial charge in [-0.05, 0) is 11.1 Å². The average Bonchev–Trinajstić information content (AvgIpc) is 2.50. The molecule has 78 valence electrons. The minimum atomic E-state index is -1.43. The summed E-state index contributed by atoms with van der Waals surface area (Å²) in [6.07, 6.45) is 3.13. The Balaban J connectivity index is 2.67. The minimum absolute atomic E-state index is 0.370. The third-order valence-electron chi connectivity index (χ3n) is 3.18. The van der Waals surface area contributed by atoms with E-state index in [1.807, 2.05) is 18.2 Å². The molecule has 2 N–H and O–H groups in total. The van der Waals surface area contributed by atoms with Gasteiger partial charge in [-0.1, -0.05) is 43.0 Å². The summed E-state index contributed by atoms with van der Waals surface area (Å²) >= 11 is 0. The van der Waals surface area contributed by atoms with Gasteiger partial charge in [0.05, 0.1) is 0 Å². The first kappa shape index (κ1) is 10.1. The van der Waals surface area contributed by atoms with Crippen molar-refractivity contribution in [3.63, 3.8) is 0 Å². The van der Waals surface area contributed by atoms with E-state index >= 15 is 0 Å². The SMILES string of the molecule is C=C[C@@]1(O)Cc2ccccc2[C@]1(O)C=C. The molecule has 1 aliphatic carbocycles. The van der Waals surface area contributed by atoms with E-state index < -0.39 is 11.2 Å². The van der Waals surface area contributed by atoms with Crippen molar-refractivity contribution < 1.29 is 10.2 Å². The fourth-order valence-electron chi connectivity index (χ4n) is 2.22. The first-order valence-corrected chi connectivity index (χ1v) is 4.88. The van der Waals surface area contributed by atoms with Gasteiger partial charge in [-0.3, -0.25) is 0 Å². The van der Waals surface area contributed by atoms with Crippen LogP contribution in [0.2, 0.25) is 0 Å². The van der Waals surface area contributed by atoms with E-state index in [2.05, 4.69) is 13.2 Å². The maximum atomic E-state index is 10.4. The lowest BCUT2D eigenvalue weighted by Crippen LogP contribution is -2.45. The predicted octanol–water partition coefficient (Wildman–Crippen LogP) is 1.53. The number of benzene rings is 1. The topological polar surface area (TPSA) is 40.5 Å². The predicted molar refractivity (Wildman–Crippen MR) is 59.4 cm³/mol. The lowest BCUT2D eigenvalue weighted by Gasteiger charge is -2.33. The van der Waals surface area contributed by atoms with Crippen molar-refractivity contribution in [2.45, 2.75) is 17.6 Å². The van der Waals surface area contributed by atoms with Gasteiger partial charge in [0.25, 0.3) is 0 Å². The molecule has 1 aromatic carbocycles. The molecule has 0 heterocycles. The summed E-state index contributed by atoms with van der Waals surface area (Å²) in [5.41, 5.74) is -1.13. The highest BCUT2D eigenvalue weighted by atomic mass is 16.4. The van der Waals surface area contributed by atoms with Crippen LogP contribution < -0.4 is 0 Å². The van der Waals surface area contributed by atoms with Crippen molar-refractivity contribution in [2.75, 3.05) is 0 Å². The zero-order chi connectivity index (χ0) is 11.1. The first-order chi connectivity index (χ1) is 7.07. The van der Waals surface area contributed by atoms with Crippen LogP contribution in [0, 0.1) is 0 Å². The highest BCUT2D eigenvalue weighted by molar-refractivity contribution is 5.47. The molecule has 0 bridgehead atoms. The van der Waals surface area contributed by atoms with E-state index in [1.165, 1.54) is 12.2 Å². The maximum absolute atomic E-state index is 10.4. The van der Waals surface area contributed by atoms with Gasteiger partial charge in [-0.15, -0.1) is 6.58 Å². The van der Waals surface area contributed by atoms with E-state index in [0.29, 0.717) is 12.0 Å². The second kappa shape index (κ2) is 3.05. The summed E-state index contributed by atoms with van der Waals surface area (Å²) < 4.78 is 0. The molecule has 0 aliphatic heterocycles. The van der Waals surface area contributed by atoms with Gasteiger partial charge in [-0.25, -0.2) is 0 Å². The van der Waals surface area contributed by atoms with Crippen molar-refractivity contribution in [1.29, 1.82) is 0 Å². The Kier molecular flexibility index (Phi) is 2.07. The zero-order valence-electron chi connectivity index (χ0n) is 8.48. The summed E-state index contributed by atoms with van der Waals surface area (Å²) in [7, 11) is 0. The minimum Gasteiger partial charge on any atom is -0.382 e. The quantitative estimate of drug-likeness (QED) is 0.714. The van der Waals surface area contributed by atoms with Gasteiger partial charge in [0.1, 0.15) is 11.2 Å². The summed E-state index contributed by atoms with van der Waals surface area (Å²) in [5.74, 6) is 0. The Bertz CT molecular complexity index is 424. The molecule has 0 amide bonds. The van der Waals surface area contributed by atoms with Crippen molar-refractivity contribution in [3.8, 4) is 0 Å². The molecule has 2 rings (SSSR count). The molecule has 0 fully saturated rings. The largest absolute Gasteiger partial charge is 0.382 e. The standard InChI is InChI=1S/C13H14O2/c1-3-12(14)9-10-7-5-6-8-11(10)13(12,15)4-2/h3-8,14-15H,1-2,9H2/t12-,13-/m1/s1. The van der Waals surface area contributed by atoms with Gasteiger partial charge < -0.3 is 10.2 Å². The van der Waals surface area contributed by atoms with Crippen LogP contribution in [-0.2, 0) is 12.0 Å². The summed E-state index contributed by atoms with van der Waals surface area (Å²) in [6, 6.07) is 7.42. The molecule has 0 radical (unpaired) electrons. The monoisotopic (exact) mass is 202 g/mol. The fraction of sp³-hybridized carbons (Fsp3) is 0.231. The molecule has 2 heteroatoms. The molecule has 0 unspecified atom stereocenters. The smallest absolute Gasteiger partial charge is 0.140 e. The van der Waals surface area contributed by atoms with Gasteiger partial charge in [-0.2, -0.15) is 0 Å². The van der Waals surface area contributed by atoms with Crippen LogP contribution in [0.1, 0.15) is 11.1 Å². The van der Waals surface area contributed by atoms with Crippen LogP contribution in [0.15, 0.2) is 49.6 Å². The second-order valence-electron chi connectivity index (χ2n) is 3.93. The average molecular weight is 202 g/mol. The summed E-state index contributed by atoms with van der Waals surface area (Å²) in [4.78, 5) is 0. The Labute approximate surface area is 89.2 Å². The zero-order valence-corrected chi connectivity index (χ0v) is 8.48. The Hall–Kier alpha value is -1.38. The first-order valence-electron chi connectivity index (χ1n) is 4.88. The van der Waals surface area contributed by atoms with Crippen molar-refractivity contribution in [3.05, 3.63) is 60.7 Å². The number of rotatable bonds is 2. The van der Waals surface area contributed by atoms with Crippen LogP contribution in [0.3, 0.4) is 0 Å². The molecule has 2 nitrogen and oxygen atoms in total. The van der Waals surface area contributed by atoms with Crippen molar-refractivity contribution >= 4 is 0 Å². The number of aliphatic hydroxyl groups is 2. The van der Waals surface area contributed by atoms with E-state index in [1.54, 1.807) is 6.07 Å². The summed E-state index contributed by atoms with van der Waals surface area (Å²) in [5, 5.41) is 20.7. The normalized spacial score (nSPS) is 33.5. The molecule has 0 saturated heterocycles. The second-order valence-corrected chi connectivity index (χ2v) is 3.93. The van der Waals surface area contributed by atoms with Crippen LogP contribution in [0.25, 0.3) is 0 Å². The molecular weight excluding hydrogens is 188 g/mol. The van der Waals surface area contributed by atoms with E-state index in [-0.39, 0.29) is 0 Å². The van der Waals surface area contributed by atoms with Crippen molar-refractivity contribution in [1.82, 2.24) is 0 Å². The van der Waals surface area contributed by atoms with Gasteiger partial charge >= 0.3 is 0 Å². The maximum Gasteiger partial charge on any atom is 0.140 e. The van der Waals surface area contributed by atoms with Crippen molar-refractivity contribution in [2.24, 2.45) is 0 Å². The fourth-order valence-corrected chi connectivity index (χ4v) is 2.22. The Morgan fingerprint density at radius 3 is 2.40 bits per heavy atom. The molecular formula is C13H14O2. The van der Waals surface area contributed by atoms with Crippen LogP contribution >= 0.6 is 0 Å². The molecule has 2 atom stereocenters. The summed E-state index contributed by atoms with van der Waals surface area (Å²) in [6.45, 7) is 7.18. The Morgan fingerprint density at radius 2 is 1.80 bits per heavy atom. The number of hydrogen-bond donors (Lipinski definition) is 2. The molecule has 0 aromatic heterocycles. The third kappa shape index (κ3) is 1.12. The third-order valence-corrected chi connectivity index (χ3v) is 3.18. The number of fused-ring (bicyclic) bond motifs is 1. The van der Waals surface area contributed by atoms with Gasteiger partial charge in [0, 0.05) is 6.42 Å². The van der Waals surface area contributed by atoms with Crippen LogP contribution in [0.5, 0.6) is 0 Å². The molecule has 0 spiro atoms. The lowest BCUT2D eigenvalue weighted by molar-refractivity contribution is -0.0828.